The molecular weight excluding hydrogens is 276 g/mol. The summed E-state index contributed by atoms with van der Waals surface area (Å²) in [5, 5.41) is 0. The summed E-state index contributed by atoms with van der Waals surface area (Å²) in [5.41, 5.74) is 1.96. The first-order valence-electron chi connectivity index (χ1n) is 8.45. The Labute approximate surface area is 134 Å². The Morgan fingerprint density at radius 1 is 1.14 bits per heavy atom. The van der Waals surface area contributed by atoms with Crippen LogP contribution in [-0.4, -0.2) is 49.7 Å². The predicted molar refractivity (Wildman–Crippen MR) is 90.6 cm³/mol. The number of nitrogens with zero attached hydrogens (tertiary/aromatic N) is 2. The largest absolute Gasteiger partial charge is 0.378 e. The first kappa shape index (κ1) is 16.8. The highest BCUT2D eigenvalue weighted by Gasteiger charge is 2.23. The van der Waals surface area contributed by atoms with Crippen LogP contribution in [0.5, 0.6) is 0 Å². The second-order valence-electron chi connectivity index (χ2n) is 5.67. The van der Waals surface area contributed by atoms with Crippen molar-refractivity contribution in [2.24, 2.45) is 0 Å². The molecule has 0 unspecified atom stereocenters. The predicted octanol–water partition coefficient (Wildman–Crippen LogP) is 3.17. The molecule has 1 aliphatic rings. The van der Waals surface area contributed by atoms with Gasteiger partial charge in [-0.3, -0.25) is 4.79 Å². The van der Waals surface area contributed by atoms with E-state index in [1.807, 2.05) is 36.1 Å². The zero-order valence-corrected chi connectivity index (χ0v) is 14.0. The molecular formula is C18H28N2O2. The molecule has 0 bridgehead atoms. The molecule has 122 valence electrons. The van der Waals surface area contributed by atoms with Gasteiger partial charge in [0.1, 0.15) is 0 Å². The summed E-state index contributed by atoms with van der Waals surface area (Å²) < 4.78 is 5.64. The van der Waals surface area contributed by atoms with Gasteiger partial charge in [-0.25, -0.2) is 0 Å². The van der Waals surface area contributed by atoms with Gasteiger partial charge in [-0.05, 0) is 57.9 Å². The molecule has 0 spiro atoms. The van der Waals surface area contributed by atoms with Crippen molar-refractivity contribution < 1.29 is 9.53 Å². The van der Waals surface area contributed by atoms with Crippen LogP contribution >= 0.6 is 0 Å². The zero-order valence-electron chi connectivity index (χ0n) is 14.0. The van der Waals surface area contributed by atoms with Crippen molar-refractivity contribution in [2.45, 2.75) is 39.7 Å². The summed E-state index contributed by atoms with van der Waals surface area (Å²) in [4.78, 5) is 16.8. The number of carbonyl (C=O) groups excluding carboxylic acids is 1. The second kappa shape index (κ2) is 8.18. The number of anilines is 1. The summed E-state index contributed by atoms with van der Waals surface area (Å²) in [6.45, 7) is 10.6. The van der Waals surface area contributed by atoms with Crippen LogP contribution in [0.25, 0.3) is 0 Å². The molecule has 1 fully saturated rings. The quantitative estimate of drug-likeness (QED) is 0.809. The molecule has 2 rings (SSSR count). The van der Waals surface area contributed by atoms with Gasteiger partial charge >= 0.3 is 0 Å². The fourth-order valence-corrected chi connectivity index (χ4v) is 3.05. The van der Waals surface area contributed by atoms with E-state index < -0.39 is 0 Å². The van der Waals surface area contributed by atoms with Crippen molar-refractivity contribution in [1.29, 1.82) is 0 Å². The van der Waals surface area contributed by atoms with Gasteiger partial charge in [-0.15, -0.1) is 0 Å². The average Bonchev–Trinajstić information content (AvgIpc) is 2.57. The minimum atomic E-state index is 0.140. The molecule has 0 atom stereocenters. The van der Waals surface area contributed by atoms with Crippen LogP contribution in [0.15, 0.2) is 24.3 Å². The molecule has 1 aromatic carbocycles. The van der Waals surface area contributed by atoms with Crippen LogP contribution in [0.3, 0.4) is 0 Å². The van der Waals surface area contributed by atoms with E-state index in [-0.39, 0.29) is 5.91 Å². The SMILES string of the molecule is CCOC1CCN(C(=O)c2ccc(N(CC)CC)cc2)CC1. The Morgan fingerprint density at radius 2 is 1.73 bits per heavy atom. The lowest BCUT2D eigenvalue weighted by molar-refractivity contribution is 0.0146. The summed E-state index contributed by atoms with van der Waals surface area (Å²) >= 11 is 0. The average molecular weight is 304 g/mol. The lowest BCUT2D eigenvalue weighted by atomic mass is 10.1. The third kappa shape index (κ3) is 4.01. The van der Waals surface area contributed by atoms with Crippen LogP contribution in [0.4, 0.5) is 5.69 Å². The normalized spacial score (nSPS) is 15.9. The van der Waals surface area contributed by atoms with Gasteiger partial charge in [0.2, 0.25) is 0 Å². The molecule has 0 aliphatic carbocycles. The number of likely N-dealkylation sites (tertiary alicyclic amines) is 1. The van der Waals surface area contributed by atoms with E-state index in [1.54, 1.807) is 0 Å². The molecule has 0 saturated carbocycles. The van der Waals surface area contributed by atoms with Gasteiger partial charge in [-0.1, -0.05) is 0 Å². The Morgan fingerprint density at radius 3 is 2.23 bits per heavy atom. The maximum Gasteiger partial charge on any atom is 0.253 e. The number of carbonyl (C=O) groups is 1. The molecule has 1 amide bonds. The van der Waals surface area contributed by atoms with Gasteiger partial charge in [-0.2, -0.15) is 0 Å². The number of piperidine rings is 1. The van der Waals surface area contributed by atoms with Gasteiger partial charge < -0.3 is 14.5 Å². The minimum absolute atomic E-state index is 0.140. The molecule has 0 N–H and O–H groups in total. The first-order valence-corrected chi connectivity index (χ1v) is 8.45. The van der Waals surface area contributed by atoms with E-state index in [2.05, 4.69) is 18.7 Å². The zero-order chi connectivity index (χ0) is 15.9. The highest BCUT2D eigenvalue weighted by molar-refractivity contribution is 5.94. The fraction of sp³-hybridized carbons (Fsp3) is 0.611. The van der Waals surface area contributed by atoms with Crippen LogP contribution in [0.2, 0.25) is 0 Å². The molecule has 22 heavy (non-hydrogen) atoms. The van der Waals surface area contributed by atoms with Crippen LogP contribution in [-0.2, 0) is 4.74 Å². The van der Waals surface area contributed by atoms with Crippen molar-refractivity contribution in [3.8, 4) is 0 Å². The molecule has 4 nitrogen and oxygen atoms in total. The van der Waals surface area contributed by atoms with E-state index in [0.717, 1.165) is 51.2 Å². The number of rotatable bonds is 6. The van der Waals surface area contributed by atoms with Crippen molar-refractivity contribution in [3.05, 3.63) is 29.8 Å². The Kier molecular flexibility index (Phi) is 6.25. The first-order chi connectivity index (χ1) is 10.7. The summed E-state index contributed by atoms with van der Waals surface area (Å²) in [6, 6.07) is 8.00. The molecule has 1 aliphatic heterocycles. The van der Waals surface area contributed by atoms with Crippen molar-refractivity contribution in [2.75, 3.05) is 37.7 Å². The number of amides is 1. The van der Waals surface area contributed by atoms with Crippen LogP contribution < -0.4 is 4.90 Å². The number of hydrogen-bond acceptors (Lipinski definition) is 3. The summed E-state index contributed by atoms with van der Waals surface area (Å²) in [5.74, 6) is 0.140. The minimum Gasteiger partial charge on any atom is -0.378 e. The van der Waals surface area contributed by atoms with Gasteiger partial charge in [0, 0.05) is 44.0 Å². The summed E-state index contributed by atoms with van der Waals surface area (Å²) in [6.07, 6.45) is 2.20. The van der Waals surface area contributed by atoms with Gasteiger partial charge in [0.05, 0.1) is 6.10 Å². The van der Waals surface area contributed by atoms with Crippen LogP contribution in [0, 0.1) is 0 Å². The van der Waals surface area contributed by atoms with E-state index in [1.165, 1.54) is 5.69 Å². The Bertz CT molecular complexity index is 460. The Hall–Kier alpha value is -1.55. The van der Waals surface area contributed by atoms with Gasteiger partial charge in [0.15, 0.2) is 0 Å². The third-order valence-corrected chi connectivity index (χ3v) is 4.37. The van der Waals surface area contributed by atoms with Crippen LogP contribution in [0.1, 0.15) is 44.0 Å². The maximum absolute atomic E-state index is 12.6. The standard InChI is InChI=1S/C18H28N2O2/c1-4-19(5-2)16-9-7-15(8-10-16)18(21)20-13-11-17(12-14-20)22-6-3/h7-10,17H,4-6,11-14H2,1-3H3. The maximum atomic E-state index is 12.6. The number of benzene rings is 1. The lowest BCUT2D eigenvalue weighted by Crippen LogP contribution is -2.40. The lowest BCUT2D eigenvalue weighted by Gasteiger charge is -2.32. The molecule has 0 aromatic heterocycles. The second-order valence-corrected chi connectivity index (χ2v) is 5.67. The highest BCUT2D eigenvalue weighted by atomic mass is 16.5. The molecule has 1 heterocycles. The fourth-order valence-electron chi connectivity index (χ4n) is 3.05. The monoisotopic (exact) mass is 304 g/mol. The van der Waals surface area contributed by atoms with Gasteiger partial charge in [0.25, 0.3) is 5.91 Å². The number of ether oxygens (including phenoxy) is 1. The third-order valence-electron chi connectivity index (χ3n) is 4.37. The van der Waals surface area contributed by atoms with E-state index in [9.17, 15) is 4.79 Å². The smallest absolute Gasteiger partial charge is 0.253 e. The molecule has 1 aromatic rings. The van der Waals surface area contributed by atoms with Crippen molar-refractivity contribution in [1.82, 2.24) is 4.90 Å². The van der Waals surface area contributed by atoms with E-state index in [0.29, 0.717) is 6.10 Å². The highest BCUT2D eigenvalue weighted by Crippen LogP contribution is 2.19. The molecule has 4 heteroatoms. The Balaban J connectivity index is 1.96. The van der Waals surface area contributed by atoms with E-state index in [4.69, 9.17) is 4.74 Å². The summed E-state index contributed by atoms with van der Waals surface area (Å²) in [7, 11) is 0. The molecule has 0 radical (unpaired) electrons. The van der Waals surface area contributed by atoms with Crippen molar-refractivity contribution >= 4 is 11.6 Å². The van der Waals surface area contributed by atoms with Crippen molar-refractivity contribution in [3.63, 3.8) is 0 Å². The molecule has 1 saturated heterocycles. The number of hydrogen-bond donors (Lipinski definition) is 0. The van der Waals surface area contributed by atoms with E-state index >= 15 is 0 Å². The topological polar surface area (TPSA) is 32.8 Å².